The molecule has 246 valence electrons. The van der Waals surface area contributed by atoms with Crippen molar-refractivity contribution in [3.05, 3.63) is 35.9 Å². The Hall–Kier alpha value is -3.63. The highest BCUT2D eigenvalue weighted by atomic mass is 16.7. The summed E-state index contributed by atoms with van der Waals surface area (Å²) in [6, 6.07) is 8.25. The van der Waals surface area contributed by atoms with Crippen molar-refractivity contribution in [3.63, 3.8) is 0 Å². The van der Waals surface area contributed by atoms with Gasteiger partial charge < -0.3 is 47.9 Å². The highest BCUT2D eigenvalue weighted by Gasteiger charge is 2.51. The molecule has 1 fully saturated rings. The first-order chi connectivity index (χ1) is 21.1. The number of esters is 4. The molecule has 1 aliphatic rings. The summed E-state index contributed by atoms with van der Waals surface area (Å²) < 4.78 is 48.8. The number of rotatable bonds is 19. The van der Waals surface area contributed by atoms with Crippen LogP contribution in [-0.4, -0.2) is 113 Å². The van der Waals surface area contributed by atoms with Crippen LogP contribution in [0.5, 0.6) is 0 Å². The number of hydrogen-bond acceptors (Lipinski definition) is 14. The summed E-state index contributed by atoms with van der Waals surface area (Å²) in [5.74, 6) is -2.96. The van der Waals surface area contributed by atoms with Crippen LogP contribution in [0, 0.1) is 0 Å². The number of carbonyl (C=O) groups excluding carboxylic acids is 5. The van der Waals surface area contributed by atoms with Gasteiger partial charge in [0.25, 0.3) is 0 Å². The summed E-state index contributed by atoms with van der Waals surface area (Å²) in [6.07, 6.45) is -4.65. The predicted octanol–water partition coefficient (Wildman–Crippen LogP) is 0.452. The zero-order valence-electron chi connectivity index (χ0n) is 25.4. The van der Waals surface area contributed by atoms with Crippen LogP contribution in [0.3, 0.4) is 0 Å². The molecule has 1 aliphatic heterocycles. The predicted molar refractivity (Wildman–Crippen MR) is 149 cm³/mol. The Balaban J connectivity index is 1.74. The van der Waals surface area contributed by atoms with Gasteiger partial charge in [-0.2, -0.15) is 0 Å². The zero-order valence-corrected chi connectivity index (χ0v) is 25.4. The number of amides is 1. The topological polar surface area (TPSA) is 180 Å². The molecule has 2 rings (SSSR count). The van der Waals surface area contributed by atoms with Crippen LogP contribution in [0.25, 0.3) is 0 Å². The van der Waals surface area contributed by atoms with Crippen molar-refractivity contribution in [2.75, 3.05) is 52.9 Å². The molecule has 0 aromatic heterocycles. The summed E-state index contributed by atoms with van der Waals surface area (Å²) >= 11 is 0. The largest absolute Gasteiger partial charge is 0.463 e. The van der Waals surface area contributed by atoms with E-state index in [1.54, 1.807) is 0 Å². The Labute approximate surface area is 255 Å². The molecule has 1 heterocycles. The molecule has 1 saturated heterocycles. The number of ether oxygens (including phenoxy) is 9. The summed E-state index contributed by atoms with van der Waals surface area (Å²) in [4.78, 5) is 58.8. The van der Waals surface area contributed by atoms with Gasteiger partial charge in [0.2, 0.25) is 5.91 Å². The second kappa shape index (κ2) is 20.3. The lowest BCUT2D eigenvalue weighted by atomic mass is 9.96. The first kappa shape index (κ1) is 36.6. The lowest BCUT2D eigenvalue weighted by molar-refractivity contribution is -0.279. The second-order valence-corrected chi connectivity index (χ2v) is 9.51. The Bertz CT molecular complexity index is 1050. The van der Waals surface area contributed by atoms with Crippen LogP contribution in [0.15, 0.2) is 30.3 Å². The number of hydrogen-bond donors (Lipinski definition) is 1. The van der Waals surface area contributed by atoms with Gasteiger partial charge in [-0.3, -0.25) is 19.2 Å². The average Bonchev–Trinajstić information content (AvgIpc) is 2.96. The van der Waals surface area contributed by atoms with Gasteiger partial charge in [0, 0.05) is 27.7 Å². The first-order valence-corrected chi connectivity index (χ1v) is 14.0. The maximum atomic E-state index is 12.0. The van der Waals surface area contributed by atoms with Crippen molar-refractivity contribution in [1.29, 1.82) is 0 Å². The van der Waals surface area contributed by atoms with Crippen molar-refractivity contribution in [1.82, 2.24) is 5.32 Å². The summed E-state index contributed by atoms with van der Waals surface area (Å²) in [6.45, 7) is 5.44. The minimum Gasteiger partial charge on any atom is -0.463 e. The van der Waals surface area contributed by atoms with Crippen LogP contribution in [0.4, 0.5) is 0 Å². The van der Waals surface area contributed by atoms with Crippen molar-refractivity contribution in [2.24, 2.45) is 0 Å². The van der Waals surface area contributed by atoms with E-state index in [4.69, 9.17) is 42.6 Å². The Morgan fingerprint density at radius 2 is 1.32 bits per heavy atom. The van der Waals surface area contributed by atoms with E-state index < -0.39 is 60.4 Å². The molecule has 1 aromatic carbocycles. The molecule has 44 heavy (non-hydrogen) atoms. The molecular formula is C29H41NO14. The van der Waals surface area contributed by atoms with Crippen LogP contribution < -0.4 is 5.32 Å². The third kappa shape index (κ3) is 14.7. The summed E-state index contributed by atoms with van der Waals surface area (Å²) in [7, 11) is 0. The van der Waals surface area contributed by atoms with E-state index in [0.717, 1.165) is 19.4 Å². The molecule has 0 radical (unpaired) electrons. The van der Waals surface area contributed by atoms with Gasteiger partial charge in [-0.15, -0.1) is 0 Å². The lowest BCUT2D eigenvalue weighted by Gasteiger charge is -2.44. The van der Waals surface area contributed by atoms with E-state index in [1.165, 1.54) is 13.8 Å². The van der Waals surface area contributed by atoms with Gasteiger partial charge >= 0.3 is 23.9 Å². The average molecular weight is 628 g/mol. The van der Waals surface area contributed by atoms with E-state index in [9.17, 15) is 24.0 Å². The maximum Gasteiger partial charge on any atom is 0.332 e. The fourth-order valence-electron chi connectivity index (χ4n) is 4.03. The minimum absolute atomic E-state index is 0.000262. The van der Waals surface area contributed by atoms with Crippen LogP contribution in [-0.2, 0) is 73.2 Å². The van der Waals surface area contributed by atoms with Gasteiger partial charge in [0.1, 0.15) is 32.0 Å². The van der Waals surface area contributed by atoms with E-state index in [1.807, 2.05) is 30.3 Å². The van der Waals surface area contributed by atoms with Crippen LogP contribution in [0.1, 0.15) is 33.3 Å². The standard InChI is InChI=1S/C29H41NO14/c1-19(31)30-26-28(43-22(4)34)27(42-21(3)33)24(17-40-20(2)32)44-29(26)39-15-14-37-11-10-36-12-13-38-18-25(35)41-16-23-8-6-5-7-9-23/h5-9,24,26-29H,10-18H2,1-4H3,(H,30,31)/t24-,26+,27+,28-,29-/m1/s1. The molecular weight excluding hydrogens is 586 g/mol. The molecule has 15 nitrogen and oxygen atoms in total. The first-order valence-electron chi connectivity index (χ1n) is 14.0. The molecule has 0 unspecified atom stereocenters. The van der Waals surface area contributed by atoms with Gasteiger partial charge in [-0.25, -0.2) is 4.79 Å². The molecule has 0 saturated carbocycles. The van der Waals surface area contributed by atoms with E-state index in [2.05, 4.69) is 5.32 Å². The van der Waals surface area contributed by atoms with Crippen molar-refractivity contribution in [2.45, 2.75) is 64.9 Å². The molecule has 5 atom stereocenters. The molecule has 0 aliphatic carbocycles. The fraction of sp³-hybridized carbons (Fsp3) is 0.621. The lowest BCUT2D eigenvalue weighted by Crippen LogP contribution is -2.66. The molecule has 1 aromatic rings. The highest BCUT2D eigenvalue weighted by molar-refractivity contribution is 5.73. The van der Waals surface area contributed by atoms with Crippen molar-refractivity contribution in [3.8, 4) is 0 Å². The number of carbonyl (C=O) groups is 5. The normalized spacial score (nSPS) is 21.1. The van der Waals surface area contributed by atoms with Crippen molar-refractivity contribution >= 4 is 29.8 Å². The van der Waals surface area contributed by atoms with Crippen molar-refractivity contribution < 1.29 is 66.6 Å². The zero-order chi connectivity index (χ0) is 32.3. The molecule has 0 bridgehead atoms. The van der Waals surface area contributed by atoms with Gasteiger partial charge in [0.15, 0.2) is 18.5 Å². The third-order valence-electron chi connectivity index (χ3n) is 5.79. The maximum absolute atomic E-state index is 12.0. The van der Waals surface area contributed by atoms with E-state index in [0.29, 0.717) is 0 Å². The minimum atomic E-state index is -1.21. The van der Waals surface area contributed by atoms with E-state index >= 15 is 0 Å². The fourth-order valence-corrected chi connectivity index (χ4v) is 4.03. The highest BCUT2D eigenvalue weighted by Crippen LogP contribution is 2.28. The Morgan fingerprint density at radius 3 is 1.91 bits per heavy atom. The van der Waals surface area contributed by atoms with Gasteiger partial charge in [0.05, 0.1) is 39.6 Å². The van der Waals surface area contributed by atoms with E-state index in [-0.39, 0.29) is 59.5 Å². The molecule has 15 heteroatoms. The van der Waals surface area contributed by atoms with Gasteiger partial charge in [-0.1, -0.05) is 30.3 Å². The molecule has 1 amide bonds. The SMILES string of the molecule is CC(=O)N[C@@H]1[C@H](OCCOCCOCCOCC(=O)OCc2ccccc2)O[C@H](COC(C)=O)[C@H](OC(C)=O)[C@@H]1OC(C)=O. The Morgan fingerprint density at radius 1 is 0.727 bits per heavy atom. The monoisotopic (exact) mass is 627 g/mol. The molecule has 0 spiro atoms. The number of nitrogens with one attached hydrogen (secondary N) is 1. The molecule has 1 N–H and O–H groups in total. The van der Waals surface area contributed by atoms with Gasteiger partial charge in [-0.05, 0) is 5.56 Å². The third-order valence-corrected chi connectivity index (χ3v) is 5.79. The quantitative estimate of drug-likeness (QED) is 0.127. The summed E-state index contributed by atoms with van der Waals surface area (Å²) in [5.41, 5.74) is 0.885. The number of benzene rings is 1. The summed E-state index contributed by atoms with van der Waals surface area (Å²) in [5, 5.41) is 2.62. The van der Waals surface area contributed by atoms with Crippen LogP contribution >= 0.6 is 0 Å². The Kier molecular flexibility index (Phi) is 16.9. The smallest absolute Gasteiger partial charge is 0.332 e. The van der Waals surface area contributed by atoms with Crippen LogP contribution in [0.2, 0.25) is 0 Å². The second-order valence-electron chi connectivity index (χ2n) is 9.51.